The van der Waals surface area contributed by atoms with Crippen LogP contribution in [0.3, 0.4) is 0 Å². The molecule has 24 heavy (non-hydrogen) atoms. The fraction of sp³-hybridized carbons (Fsp3) is 0.211. The summed E-state index contributed by atoms with van der Waals surface area (Å²) < 4.78 is 0. The van der Waals surface area contributed by atoms with Gasteiger partial charge in [-0.3, -0.25) is 19.5 Å². The van der Waals surface area contributed by atoms with Crippen LogP contribution in [0.25, 0.3) is 5.70 Å². The molecule has 1 aromatic carbocycles. The van der Waals surface area contributed by atoms with Crippen molar-refractivity contribution in [1.29, 1.82) is 0 Å². The molecule has 2 heterocycles. The Morgan fingerprint density at radius 2 is 1.88 bits per heavy atom. The standard InChI is InChI=1S/C19H19N3O2/c1-11-9-12(2)20-13(3)18(11)21-17(23)10-22-14(4)15-7-5-6-8-16(15)19(22)24/h5-9H,4,10H2,1-3H3,(H,21,23). The normalized spacial score (nSPS) is 13.2. The van der Waals surface area contributed by atoms with Gasteiger partial charge in [0.15, 0.2) is 0 Å². The molecule has 0 bridgehead atoms. The topological polar surface area (TPSA) is 62.3 Å². The Hall–Kier alpha value is -2.95. The van der Waals surface area contributed by atoms with Crippen LogP contribution in [0.5, 0.6) is 0 Å². The number of nitrogens with one attached hydrogen (secondary N) is 1. The largest absolute Gasteiger partial charge is 0.323 e. The molecule has 0 atom stereocenters. The van der Waals surface area contributed by atoms with E-state index in [-0.39, 0.29) is 18.4 Å². The van der Waals surface area contributed by atoms with E-state index in [4.69, 9.17) is 0 Å². The highest BCUT2D eigenvalue weighted by molar-refractivity contribution is 6.11. The summed E-state index contributed by atoms with van der Waals surface area (Å²) in [5.41, 5.74) is 5.22. The maximum Gasteiger partial charge on any atom is 0.259 e. The molecule has 2 aromatic rings. The highest BCUT2D eigenvalue weighted by atomic mass is 16.2. The fourth-order valence-corrected chi connectivity index (χ4v) is 3.04. The first kappa shape index (κ1) is 15.9. The van der Waals surface area contributed by atoms with E-state index in [1.54, 1.807) is 12.1 Å². The molecule has 2 amide bonds. The molecule has 1 aliphatic heterocycles. The lowest BCUT2D eigenvalue weighted by Gasteiger charge is -2.18. The summed E-state index contributed by atoms with van der Waals surface area (Å²) in [6, 6.07) is 9.16. The molecule has 0 radical (unpaired) electrons. The number of carbonyl (C=O) groups excluding carboxylic acids is 2. The third-order valence-electron chi connectivity index (χ3n) is 4.13. The summed E-state index contributed by atoms with van der Waals surface area (Å²) in [6.45, 7) is 9.57. The molecule has 3 rings (SSSR count). The van der Waals surface area contributed by atoms with Gasteiger partial charge < -0.3 is 5.32 Å². The maximum absolute atomic E-state index is 12.4. The van der Waals surface area contributed by atoms with E-state index >= 15 is 0 Å². The van der Waals surface area contributed by atoms with Crippen LogP contribution in [0, 0.1) is 20.8 Å². The van der Waals surface area contributed by atoms with Crippen molar-refractivity contribution in [3.05, 3.63) is 65.0 Å². The van der Waals surface area contributed by atoms with Gasteiger partial charge in [-0.05, 0) is 38.5 Å². The van der Waals surface area contributed by atoms with Gasteiger partial charge in [-0.15, -0.1) is 0 Å². The van der Waals surface area contributed by atoms with E-state index in [1.807, 2.05) is 39.0 Å². The molecule has 0 unspecified atom stereocenters. The van der Waals surface area contributed by atoms with Crippen LogP contribution in [-0.2, 0) is 4.79 Å². The first-order valence-electron chi connectivity index (χ1n) is 7.73. The summed E-state index contributed by atoms with van der Waals surface area (Å²) in [5.74, 6) is -0.463. The Morgan fingerprint density at radius 1 is 1.21 bits per heavy atom. The number of benzene rings is 1. The lowest BCUT2D eigenvalue weighted by Crippen LogP contribution is -2.33. The third-order valence-corrected chi connectivity index (χ3v) is 4.13. The van der Waals surface area contributed by atoms with Crippen molar-refractivity contribution in [2.75, 3.05) is 11.9 Å². The van der Waals surface area contributed by atoms with Gasteiger partial charge >= 0.3 is 0 Å². The SMILES string of the molecule is C=C1c2ccccc2C(=O)N1CC(=O)Nc1c(C)cc(C)nc1C. The molecule has 122 valence electrons. The minimum absolute atomic E-state index is 0.0703. The van der Waals surface area contributed by atoms with E-state index in [2.05, 4.69) is 16.9 Å². The predicted octanol–water partition coefficient (Wildman–Crippen LogP) is 3.07. The van der Waals surface area contributed by atoms with Crippen LogP contribution in [0.1, 0.15) is 32.9 Å². The van der Waals surface area contributed by atoms with Crippen molar-refractivity contribution in [3.8, 4) is 0 Å². The summed E-state index contributed by atoms with van der Waals surface area (Å²) in [7, 11) is 0. The Labute approximate surface area is 141 Å². The van der Waals surface area contributed by atoms with Gasteiger partial charge in [-0.2, -0.15) is 0 Å². The number of aryl methyl sites for hydroxylation is 3. The molecule has 1 N–H and O–H groups in total. The second-order valence-corrected chi connectivity index (χ2v) is 5.97. The average Bonchev–Trinajstić information content (AvgIpc) is 2.76. The van der Waals surface area contributed by atoms with Crippen LogP contribution < -0.4 is 5.32 Å². The highest BCUT2D eigenvalue weighted by Crippen LogP contribution is 2.31. The Balaban J connectivity index is 1.78. The van der Waals surface area contributed by atoms with Crippen molar-refractivity contribution in [2.24, 2.45) is 0 Å². The lowest BCUT2D eigenvalue weighted by molar-refractivity contribution is -0.116. The van der Waals surface area contributed by atoms with Crippen molar-refractivity contribution in [2.45, 2.75) is 20.8 Å². The molecule has 0 saturated heterocycles. The van der Waals surface area contributed by atoms with Gasteiger partial charge in [-0.25, -0.2) is 0 Å². The van der Waals surface area contributed by atoms with Gasteiger partial charge in [0.05, 0.1) is 11.4 Å². The van der Waals surface area contributed by atoms with E-state index in [1.165, 1.54) is 4.90 Å². The molecule has 1 aliphatic rings. The average molecular weight is 321 g/mol. The van der Waals surface area contributed by atoms with E-state index in [0.29, 0.717) is 16.9 Å². The van der Waals surface area contributed by atoms with Crippen LogP contribution in [0.15, 0.2) is 36.9 Å². The fourth-order valence-electron chi connectivity index (χ4n) is 3.04. The molecule has 5 heteroatoms. The molecule has 0 spiro atoms. The highest BCUT2D eigenvalue weighted by Gasteiger charge is 2.31. The summed E-state index contributed by atoms with van der Waals surface area (Å²) in [4.78, 5) is 30.7. The van der Waals surface area contributed by atoms with Gasteiger partial charge in [0, 0.05) is 22.5 Å². The Bertz CT molecular complexity index is 813. The monoisotopic (exact) mass is 321 g/mol. The molecule has 0 saturated carbocycles. The van der Waals surface area contributed by atoms with E-state index in [0.717, 1.165) is 22.5 Å². The Kier molecular flexibility index (Phi) is 3.93. The molecule has 1 aromatic heterocycles. The zero-order chi connectivity index (χ0) is 17.4. The number of anilines is 1. The lowest BCUT2D eigenvalue weighted by atomic mass is 10.1. The number of hydrogen-bond donors (Lipinski definition) is 1. The molecule has 5 nitrogen and oxygen atoms in total. The van der Waals surface area contributed by atoms with Gasteiger partial charge in [0.1, 0.15) is 6.54 Å². The zero-order valence-corrected chi connectivity index (χ0v) is 14.0. The van der Waals surface area contributed by atoms with Crippen molar-refractivity contribution >= 4 is 23.2 Å². The summed E-state index contributed by atoms with van der Waals surface area (Å²) in [6.07, 6.45) is 0. The minimum Gasteiger partial charge on any atom is -0.323 e. The number of carbonyl (C=O) groups is 2. The number of aromatic nitrogens is 1. The van der Waals surface area contributed by atoms with Crippen LogP contribution in [-0.4, -0.2) is 28.2 Å². The Morgan fingerprint density at radius 3 is 2.50 bits per heavy atom. The van der Waals surface area contributed by atoms with Crippen molar-refractivity contribution in [1.82, 2.24) is 9.88 Å². The molecule has 0 aliphatic carbocycles. The first-order chi connectivity index (χ1) is 11.4. The molecular formula is C19H19N3O2. The van der Waals surface area contributed by atoms with Crippen molar-refractivity contribution < 1.29 is 9.59 Å². The number of rotatable bonds is 3. The number of fused-ring (bicyclic) bond motifs is 1. The molecular weight excluding hydrogens is 302 g/mol. The smallest absolute Gasteiger partial charge is 0.259 e. The number of amides is 2. The van der Waals surface area contributed by atoms with Gasteiger partial charge in [0.25, 0.3) is 5.91 Å². The van der Waals surface area contributed by atoms with Crippen LogP contribution in [0.2, 0.25) is 0 Å². The quantitative estimate of drug-likeness (QED) is 0.945. The second-order valence-electron chi connectivity index (χ2n) is 5.97. The van der Waals surface area contributed by atoms with Gasteiger partial charge in [-0.1, -0.05) is 24.8 Å². The summed E-state index contributed by atoms with van der Waals surface area (Å²) >= 11 is 0. The second kappa shape index (κ2) is 5.92. The predicted molar refractivity (Wildman–Crippen MR) is 93.6 cm³/mol. The van der Waals surface area contributed by atoms with Crippen molar-refractivity contribution in [3.63, 3.8) is 0 Å². The number of hydrogen-bond acceptors (Lipinski definition) is 3. The molecule has 0 fully saturated rings. The third kappa shape index (κ3) is 2.69. The number of nitrogens with zero attached hydrogens (tertiary/aromatic N) is 2. The van der Waals surface area contributed by atoms with Crippen LogP contribution in [0.4, 0.5) is 5.69 Å². The maximum atomic E-state index is 12.4. The van der Waals surface area contributed by atoms with E-state index < -0.39 is 0 Å². The number of pyridine rings is 1. The van der Waals surface area contributed by atoms with Gasteiger partial charge in [0.2, 0.25) is 5.91 Å². The first-order valence-corrected chi connectivity index (χ1v) is 7.73. The zero-order valence-electron chi connectivity index (χ0n) is 14.0. The summed E-state index contributed by atoms with van der Waals surface area (Å²) in [5, 5.41) is 2.86. The van der Waals surface area contributed by atoms with Crippen LogP contribution >= 0.6 is 0 Å². The van der Waals surface area contributed by atoms with E-state index in [9.17, 15) is 9.59 Å². The minimum atomic E-state index is -0.269.